The van der Waals surface area contributed by atoms with Gasteiger partial charge in [0, 0.05) is 22.6 Å². The van der Waals surface area contributed by atoms with E-state index in [9.17, 15) is 9.59 Å². The van der Waals surface area contributed by atoms with E-state index in [1.807, 2.05) is 84.9 Å². The summed E-state index contributed by atoms with van der Waals surface area (Å²) in [6.07, 6.45) is 0.491. The molecule has 5 nitrogen and oxygen atoms in total. The molecule has 0 saturated heterocycles. The topological polar surface area (TPSA) is 84.2 Å². The van der Waals surface area contributed by atoms with Crippen LogP contribution >= 0.6 is 0 Å². The highest BCUT2D eigenvalue weighted by Gasteiger charge is 2.25. The van der Waals surface area contributed by atoms with Crippen LogP contribution in [0.1, 0.15) is 27.4 Å². The van der Waals surface area contributed by atoms with Crippen LogP contribution in [-0.4, -0.2) is 18.2 Å². The number of carbonyl (C=O) groups excluding carboxylic acids is 2. The maximum atomic E-state index is 13.8. The van der Waals surface area contributed by atoms with Crippen LogP contribution < -0.4 is 16.4 Å². The van der Waals surface area contributed by atoms with Crippen LogP contribution in [0.15, 0.2) is 121 Å². The van der Waals surface area contributed by atoms with Gasteiger partial charge in [0.15, 0.2) is 5.78 Å². The van der Waals surface area contributed by atoms with Gasteiger partial charge in [-0.1, -0.05) is 78.9 Å². The summed E-state index contributed by atoms with van der Waals surface area (Å²) in [5.41, 5.74) is 10.3. The fourth-order valence-electron chi connectivity index (χ4n) is 4.66. The standard InChI is InChI=1S/C33H29N3O2/c34-33(38)26-16-18-31(36-28-17-15-24-11-7-8-12-25(24)20-28)29(21-26)30(19-23-9-3-1-4-10-23)32(37)22-35-27-13-5-2-6-14-27/h1-18,20-21,30,35-36H,19,22H2,(H2,34,38)/t30-/m0/s1. The fourth-order valence-corrected chi connectivity index (χ4v) is 4.66. The Hall–Kier alpha value is -4.90. The lowest BCUT2D eigenvalue weighted by molar-refractivity contribution is -0.118. The number of nitrogens with one attached hydrogen (secondary N) is 2. The first-order valence-corrected chi connectivity index (χ1v) is 12.6. The molecule has 0 aromatic heterocycles. The van der Waals surface area contributed by atoms with Crippen molar-refractivity contribution in [3.63, 3.8) is 0 Å². The van der Waals surface area contributed by atoms with Gasteiger partial charge < -0.3 is 16.4 Å². The molecule has 0 aliphatic carbocycles. The van der Waals surface area contributed by atoms with Crippen molar-refractivity contribution in [3.05, 3.63) is 138 Å². The first-order valence-electron chi connectivity index (χ1n) is 12.6. The summed E-state index contributed by atoms with van der Waals surface area (Å²) in [7, 11) is 0. The average molecular weight is 500 g/mol. The van der Waals surface area contributed by atoms with Gasteiger partial charge in [-0.2, -0.15) is 0 Å². The second kappa shape index (κ2) is 11.4. The van der Waals surface area contributed by atoms with Gasteiger partial charge in [-0.25, -0.2) is 0 Å². The normalized spacial score (nSPS) is 11.6. The molecule has 1 atom stereocenters. The highest BCUT2D eigenvalue weighted by molar-refractivity contribution is 5.96. The second-order valence-corrected chi connectivity index (χ2v) is 9.28. The van der Waals surface area contributed by atoms with Gasteiger partial charge in [0.1, 0.15) is 0 Å². The van der Waals surface area contributed by atoms with Crippen molar-refractivity contribution in [2.75, 3.05) is 17.2 Å². The van der Waals surface area contributed by atoms with Gasteiger partial charge in [-0.15, -0.1) is 0 Å². The number of carbonyl (C=O) groups is 2. The van der Waals surface area contributed by atoms with Crippen molar-refractivity contribution in [1.29, 1.82) is 0 Å². The predicted octanol–water partition coefficient (Wildman–Crippen LogP) is 6.69. The first kappa shape index (κ1) is 24.8. The van der Waals surface area contributed by atoms with Crippen LogP contribution in [0, 0.1) is 0 Å². The highest BCUT2D eigenvalue weighted by Crippen LogP contribution is 2.33. The molecule has 1 amide bonds. The number of Topliss-reactive ketones (excluding diaryl/α,β-unsaturated/α-hetero) is 1. The van der Waals surface area contributed by atoms with Crippen molar-refractivity contribution >= 4 is 39.5 Å². The lowest BCUT2D eigenvalue weighted by Gasteiger charge is -2.22. The smallest absolute Gasteiger partial charge is 0.248 e. The molecule has 0 unspecified atom stereocenters. The Morgan fingerprint density at radius 2 is 1.37 bits per heavy atom. The molecule has 0 aliphatic heterocycles. The van der Waals surface area contributed by atoms with E-state index in [1.165, 1.54) is 0 Å². The minimum Gasteiger partial charge on any atom is -0.378 e. The molecule has 0 heterocycles. The zero-order chi connectivity index (χ0) is 26.3. The Morgan fingerprint density at radius 3 is 2.11 bits per heavy atom. The number of ketones is 1. The van der Waals surface area contributed by atoms with E-state index in [-0.39, 0.29) is 12.3 Å². The van der Waals surface area contributed by atoms with Gasteiger partial charge in [-0.3, -0.25) is 9.59 Å². The van der Waals surface area contributed by atoms with Gasteiger partial charge >= 0.3 is 0 Å². The summed E-state index contributed by atoms with van der Waals surface area (Å²) >= 11 is 0. The maximum Gasteiger partial charge on any atom is 0.248 e. The van der Waals surface area contributed by atoms with E-state index in [0.29, 0.717) is 12.0 Å². The van der Waals surface area contributed by atoms with E-state index in [4.69, 9.17) is 5.73 Å². The third kappa shape index (κ3) is 5.90. The Bertz CT molecular complexity index is 1570. The molecule has 0 saturated carbocycles. The number of benzene rings is 5. The van der Waals surface area contributed by atoms with Crippen LogP contribution in [0.4, 0.5) is 17.1 Å². The largest absolute Gasteiger partial charge is 0.378 e. The zero-order valence-electron chi connectivity index (χ0n) is 20.9. The third-order valence-corrected chi connectivity index (χ3v) is 6.65. The molecule has 188 valence electrons. The van der Waals surface area contributed by atoms with E-state index in [2.05, 4.69) is 34.9 Å². The number of hydrogen-bond donors (Lipinski definition) is 3. The zero-order valence-corrected chi connectivity index (χ0v) is 20.9. The van der Waals surface area contributed by atoms with Crippen molar-refractivity contribution in [2.45, 2.75) is 12.3 Å². The Balaban J connectivity index is 1.53. The van der Waals surface area contributed by atoms with Crippen LogP contribution in [-0.2, 0) is 11.2 Å². The lowest BCUT2D eigenvalue weighted by atomic mass is 9.86. The number of primary amides is 1. The van der Waals surface area contributed by atoms with Gasteiger partial charge in [0.05, 0.1) is 12.5 Å². The number of para-hydroxylation sites is 1. The molecule has 0 spiro atoms. The number of hydrogen-bond acceptors (Lipinski definition) is 4. The molecule has 5 aromatic carbocycles. The van der Waals surface area contributed by atoms with Crippen LogP contribution in [0.5, 0.6) is 0 Å². The van der Waals surface area contributed by atoms with E-state index in [1.54, 1.807) is 12.1 Å². The Morgan fingerprint density at radius 1 is 0.684 bits per heavy atom. The molecule has 5 aromatic rings. The van der Waals surface area contributed by atoms with E-state index in [0.717, 1.165) is 39.0 Å². The molecule has 0 fully saturated rings. The number of nitrogens with two attached hydrogens (primary N) is 1. The first-order chi connectivity index (χ1) is 18.6. The molecular formula is C33H29N3O2. The number of rotatable bonds is 10. The minimum absolute atomic E-state index is 0.0147. The van der Waals surface area contributed by atoms with Gasteiger partial charge in [0.25, 0.3) is 0 Å². The van der Waals surface area contributed by atoms with Crippen LogP contribution in [0.2, 0.25) is 0 Å². The molecule has 0 radical (unpaired) electrons. The van der Waals surface area contributed by atoms with Crippen LogP contribution in [0.25, 0.3) is 10.8 Å². The summed E-state index contributed by atoms with van der Waals surface area (Å²) in [4.78, 5) is 25.9. The molecular weight excluding hydrogens is 470 g/mol. The number of fused-ring (bicyclic) bond motifs is 1. The van der Waals surface area contributed by atoms with Gasteiger partial charge in [0.2, 0.25) is 5.91 Å². The molecule has 5 heteroatoms. The van der Waals surface area contributed by atoms with Crippen molar-refractivity contribution < 1.29 is 9.59 Å². The maximum absolute atomic E-state index is 13.8. The highest BCUT2D eigenvalue weighted by atomic mass is 16.1. The van der Waals surface area contributed by atoms with E-state index >= 15 is 0 Å². The Labute approximate surface area is 222 Å². The lowest BCUT2D eigenvalue weighted by Crippen LogP contribution is -2.24. The summed E-state index contributed by atoms with van der Waals surface area (Å²) < 4.78 is 0. The monoisotopic (exact) mass is 499 g/mol. The minimum atomic E-state index is -0.531. The quantitative estimate of drug-likeness (QED) is 0.200. The molecule has 0 aliphatic rings. The molecule has 5 rings (SSSR count). The molecule has 4 N–H and O–H groups in total. The Kier molecular flexibility index (Phi) is 7.46. The van der Waals surface area contributed by atoms with Crippen LogP contribution in [0.3, 0.4) is 0 Å². The van der Waals surface area contributed by atoms with E-state index < -0.39 is 11.8 Å². The summed E-state index contributed by atoms with van der Waals surface area (Å²) in [6.45, 7) is 0.151. The summed E-state index contributed by atoms with van der Waals surface area (Å²) in [6, 6.07) is 39.1. The van der Waals surface area contributed by atoms with Crippen molar-refractivity contribution in [1.82, 2.24) is 0 Å². The van der Waals surface area contributed by atoms with Crippen molar-refractivity contribution in [3.8, 4) is 0 Å². The fraction of sp³-hybridized carbons (Fsp3) is 0.0909. The number of anilines is 3. The second-order valence-electron chi connectivity index (χ2n) is 9.28. The molecule has 0 bridgehead atoms. The molecule has 38 heavy (non-hydrogen) atoms. The number of amides is 1. The summed E-state index contributed by atoms with van der Waals surface area (Å²) in [5.74, 6) is -1.02. The average Bonchev–Trinajstić information content (AvgIpc) is 2.96. The predicted molar refractivity (Wildman–Crippen MR) is 155 cm³/mol. The summed E-state index contributed by atoms with van der Waals surface area (Å²) in [5, 5.41) is 9.00. The van der Waals surface area contributed by atoms with Gasteiger partial charge in [-0.05, 0) is 70.8 Å². The van der Waals surface area contributed by atoms with Crippen molar-refractivity contribution in [2.24, 2.45) is 5.73 Å². The SMILES string of the molecule is NC(=O)c1ccc(Nc2ccc3ccccc3c2)c([C@H](Cc2ccccc2)C(=O)CNc2ccccc2)c1. The third-order valence-electron chi connectivity index (χ3n) is 6.65.